The zero-order valence-electron chi connectivity index (χ0n) is 16.5. The van der Waals surface area contributed by atoms with E-state index in [0.29, 0.717) is 6.04 Å². The fourth-order valence-corrected chi connectivity index (χ4v) is 3.83. The number of anilines is 2. The van der Waals surface area contributed by atoms with E-state index in [2.05, 4.69) is 35.2 Å². The number of morpholine rings is 1. The molecular formula is C20H29N5O2. The Morgan fingerprint density at radius 3 is 2.56 bits per heavy atom. The normalized spacial score (nSPS) is 19.4. The first kappa shape index (κ1) is 18.3. The molecule has 1 N–H and O–H groups in total. The van der Waals surface area contributed by atoms with Gasteiger partial charge in [-0.2, -0.15) is 4.98 Å². The van der Waals surface area contributed by atoms with E-state index in [1.54, 1.807) is 7.11 Å². The van der Waals surface area contributed by atoms with Crippen LogP contribution in [0.15, 0.2) is 12.1 Å². The first-order valence-corrected chi connectivity index (χ1v) is 9.78. The number of nitrogens with zero attached hydrogens (tertiary/aromatic N) is 4. The van der Waals surface area contributed by atoms with Gasteiger partial charge in [0.1, 0.15) is 11.6 Å². The number of aryl methyl sites for hydroxylation is 1. The van der Waals surface area contributed by atoms with Crippen molar-refractivity contribution in [1.82, 2.24) is 14.9 Å². The summed E-state index contributed by atoms with van der Waals surface area (Å²) in [7, 11) is 3.89. The standard InChI is InChI=1S/C20H29N5O2/c1-14-12-16-17(13-18(14)26-3)22-20(25-8-10-27-11-9-25)23-19(16)21-15-4-6-24(2)7-5-15/h12-13,15H,4-11H2,1-3H3,(H,21,22,23). The van der Waals surface area contributed by atoms with Crippen molar-refractivity contribution >= 4 is 22.7 Å². The van der Waals surface area contributed by atoms with Gasteiger partial charge in [0.05, 0.1) is 25.8 Å². The summed E-state index contributed by atoms with van der Waals surface area (Å²) < 4.78 is 11.0. The fourth-order valence-electron chi connectivity index (χ4n) is 3.83. The van der Waals surface area contributed by atoms with Crippen LogP contribution in [-0.2, 0) is 4.74 Å². The van der Waals surface area contributed by atoms with Crippen LogP contribution in [0.1, 0.15) is 18.4 Å². The number of methoxy groups -OCH3 is 1. The zero-order chi connectivity index (χ0) is 18.8. The average Bonchev–Trinajstić information content (AvgIpc) is 2.70. The first-order valence-electron chi connectivity index (χ1n) is 9.78. The van der Waals surface area contributed by atoms with Crippen LogP contribution in [0.2, 0.25) is 0 Å². The number of ether oxygens (including phenoxy) is 2. The Bertz CT molecular complexity index is 799. The van der Waals surface area contributed by atoms with Crippen molar-refractivity contribution in [2.24, 2.45) is 0 Å². The van der Waals surface area contributed by atoms with Gasteiger partial charge < -0.3 is 24.6 Å². The van der Waals surface area contributed by atoms with Crippen LogP contribution in [0.25, 0.3) is 10.9 Å². The molecule has 2 aliphatic rings. The summed E-state index contributed by atoms with van der Waals surface area (Å²) in [4.78, 5) is 14.4. The number of hydrogen-bond acceptors (Lipinski definition) is 7. The zero-order valence-corrected chi connectivity index (χ0v) is 16.5. The Morgan fingerprint density at radius 1 is 1.11 bits per heavy atom. The van der Waals surface area contributed by atoms with Gasteiger partial charge in [-0.15, -0.1) is 0 Å². The number of benzene rings is 1. The summed E-state index contributed by atoms with van der Waals surface area (Å²) in [5.74, 6) is 2.56. The van der Waals surface area contributed by atoms with Crippen LogP contribution in [0.5, 0.6) is 5.75 Å². The lowest BCUT2D eigenvalue weighted by molar-refractivity contribution is 0.122. The van der Waals surface area contributed by atoms with Crippen LogP contribution >= 0.6 is 0 Å². The number of nitrogens with one attached hydrogen (secondary N) is 1. The van der Waals surface area contributed by atoms with Gasteiger partial charge in [-0.05, 0) is 51.5 Å². The summed E-state index contributed by atoms with van der Waals surface area (Å²) >= 11 is 0. The van der Waals surface area contributed by atoms with Crippen LogP contribution in [0.4, 0.5) is 11.8 Å². The van der Waals surface area contributed by atoms with Crippen molar-refractivity contribution in [2.75, 3.05) is 63.8 Å². The molecule has 0 spiro atoms. The van der Waals surface area contributed by atoms with Crippen LogP contribution < -0.4 is 15.0 Å². The van der Waals surface area contributed by atoms with E-state index in [-0.39, 0.29) is 0 Å². The third-order valence-electron chi connectivity index (χ3n) is 5.55. The van der Waals surface area contributed by atoms with E-state index in [9.17, 15) is 0 Å². The molecular weight excluding hydrogens is 342 g/mol. The topological polar surface area (TPSA) is 62.8 Å². The number of hydrogen-bond donors (Lipinski definition) is 1. The molecule has 7 heteroatoms. The van der Waals surface area contributed by atoms with Crippen molar-refractivity contribution in [1.29, 1.82) is 0 Å². The van der Waals surface area contributed by atoms with Crippen LogP contribution in [-0.4, -0.2) is 74.5 Å². The summed E-state index contributed by atoms with van der Waals surface area (Å²) in [5.41, 5.74) is 2.02. The molecule has 27 heavy (non-hydrogen) atoms. The summed E-state index contributed by atoms with van der Waals surface area (Å²) in [6, 6.07) is 4.60. The molecule has 0 radical (unpaired) electrons. The molecule has 2 saturated heterocycles. The predicted molar refractivity (Wildman–Crippen MR) is 108 cm³/mol. The fraction of sp³-hybridized carbons (Fsp3) is 0.600. The Kier molecular flexibility index (Phi) is 5.31. The van der Waals surface area contributed by atoms with Gasteiger partial charge in [0, 0.05) is 30.6 Å². The smallest absolute Gasteiger partial charge is 0.228 e. The quantitative estimate of drug-likeness (QED) is 0.885. The van der Waals surface area contributed by atoms with Gasteiger partial charge in [-0.1, -0.05) is 0 Å². The number of aromatic nitrogens is 2. The Labute approximate surface area is 160 Å². The SMILES string of the molecule is COc1cc2nc(N3CCOCC3)nc(NC3CCN(C)CC3)c2cc1C. The number of rotatable bonds is 4. The molecule has 1 aromatic heterocycles. The van der Waals surface area contributed by atoms with Crippen molar-refractivity contribution in [3.05, 3.63) is 17.7 Å². The third-order valence-corrected chi connectivity index (χ3v) is 5.55. The summed E-state index contributed by atoms with van der Waals surface area (Å²) in [5, 5.41) is 4.77. The molecule has 0 aliphatic carbocycles. The number of fused-ring (bicyclic) bond motifs is 1. The molecule has 0 unspecified atom stereocenters. The molecule has 2 aromatic rings. The largest absolute Gasteiger partial charge is 0.496 e. The van der Waals surface area contributed by atoms with E-state index in [0.717, 1.165) is 86.2 Å². The van der Waals surface area contributed by atoms with E-state index in [1.165, 1.54) is 0 Å². The van der Waals surface area contributed by atoms with Gasteiger partial charge in [-0.3, -0.25) is 0 Å². The minimum atomic E-state index is 0.444. The summed E-state index contributed by atoms with van der Waals surface area (Å²) in [6.07, 6.45) is 2.26. The van der Waals surface area contributed by atoms with E-state index >= 15 is 0 Å². The lowest BCUT2D eigenvalue weighted by atomic mass is 10.0. The molecule has 146 valence electrons. The highest BCUT2D eigenvalue weighted by Gasteiger charge is 2.21. The molecule has 0 atom stereocenters. The maximum absolute atomic E-state index is 5.52. The van der Waals surface area contributed by atoms with Gasteiger partial charge in [-0.25, -0.2) is 4.98 Å². The third kappa shape index (κ3) is 3.94. The minimum Gasteiger partial charge on any atom is -0.496 e. The summed E-state index contributed by atoms with van der Waals surface area (Å²) in [6.45, 7) is 7.37. The lowest BCUT2D eigenvalue weighted by Crippen LogP contribution is -2.38. The van der Waals surface area contributed by atoms with Crippen molar-refractivity contribution < 1.29 is 9.47 Å². The first-order chi connectivity index (χ1) is 13.1. The molecule has 0 saturated carbocycles. The van der Waals surface area contributed by atoms with Crippen molar-refractivity contribution in [3.63, 3.8) is 0 Å². The highest BCUT2D eigenvalue weighted by molar-refractivity contribution is 5.92. The molecule has 2 fully saturated rings. The molecule has 3 heterocycles. The van der Waals surface area contributed by atoms with Crippen LogP contribution in [0, 0.1) is 6.92 Å². The Balaban J connectivity index is 1.72. The second-order valence-electron chi connectivity index (χ2n) is 7.53. The monoisotopic (exact) mass is 371 g/mol. The highest BCUT2D eigenvalue weighted by Crippen LogP contribution is 2.31. The molecule has 7 nitrogen and oxygen atoms in total. The Morgan fingerprint density at radius 2 is 1.85 bits per heavy atom. The van der Waals surface area contributed by atoms with Crippen LogP contribution in [0.3, 0.4) is 0 Å². The Hall–Kier alpha value is -2.12. The number of likely N-dealkylation sites (tertiary alicyclic amines) is 1. The van der Waals surface area contributed by atoms with E-state index in [1.807, 2.05) is 6.07 Å². The lowest BCUT2D eigenvalue weighted by Gasteiger charge is -2.31. The second-order valence-corrected chi connectivity index (χ2v) is 7.53. The van der Waals surface area contributed by atoms with Crippen molar-refractivity contribution in [2.45, 2.75) is 25.8 Å². The predicted octanol–water partition coefficient (Wildman–Crippen LogP) is 2.29. The van der Waals surface area contributed by atoms with Gasteiger partial charge >= 0.3 is 0 Å². The van der Waals surface area contributed by atoms with E-state index in [4.69, 9.17) is 19.4 Å². The molecule has 0 amide bonds. The highest BCUT2D eigenvalue weighted by atomic mass is 16.5. The maximum Gasteiger partial charge on any atom is 0.228 e. The molecule has 2 aliphatic heterocycles. The van der Waals surface area contributed by atoms with Crippen molar-refractivity contribution in [3.8, 4) is 5.75 Å². The van der Waals surface area contributed by atoms with Gasteiger partial charge in [0.2, 0.25) is 5.95 Å². The van der Waals surface area contributed by atoms with Gasteiger partial charge in [0.25, 0.3) is 0 Å². The molecule has 4 rings (SSSR count). The second kappa shape index (κ2) is 7.86. The van der Waals surface area contributed by atoms with E-state index < -0.39 is 0 Å². The maximum atomic E-state index is 5.52. The average molecular weight is 371 g/mol. The number of piperidine rings is 1. The molecule has 0 bridgehead atoms. The minimum absolute atomic E-state index is 0.444. The molecule has 1 aromatic carbocycles. The van der Waals surface area contributed by atoms with Gasteiger partial charge in [0.15, 0.2) is 0 Å².